The summed E-state index contributed by atoms with van der Waals surface area (Å²) in [5.41, 5.74) is 0. The number of amides is 3. The molecule has 0 unspecified atom stereocenters. The highest BCUT2D eigenvalue weighted by Gasteiger charge is 2.31. The van der Waals surface area contributed by atoms with E-state index in [1.807, 2.05) is 34.0 Å². The van der Waals surface area contributed by atoms with Gasteiger partial charge in [0.2, 0.25) is 17.7 Å². The Bertz CT molecular complexity index is 642. The number of thioether (sulfide) groups is 1. The highest BCUT2D eigenvalue weighted by molar-refractivity contribution is 7.98. The van der Waals surface area contributed by atoms with Crippen molar-refractivity contribution in [2.75, 3.05) is 18.6 Å². The van der Waals surface area contributed by atoms with Crippen LogP contribution in [0, 0.1) is 17.8 Å². The standard InChI is InChI=1S/C25H47N3O5S/c1-8-9-10-11-21(30)28-22(17(4)5)25(33)26-19(12-13-34-7)24(32)27-20(14-16(2)3)23(31)18(6)15-29/h16-20,22,29H,8-15H2,1-7H3,(H,26,33)(H,27,32)(H,28,30)/t18-,19-,20-,22-/m0/s1. The molecule has 0 aromatic heterocycles. The fraction of sp³-hybridized carbons (Fsp3) is 0.840. The lowest BCUT2D eigenvalue weighted by molar-refractivity contribution is -0.135. The largest absolute Gasteiger partial charge is 0.396 e. The molecule has 0 saturated heterocycles. The summed E-state index contributed by atoms with van der Waals surface area (Å²) in [4.78, 5) is 51.2. The van der Waals surface area contributed by atoms with Crippen LogP contribution in [-0.4, -0.2) is 65.4 Å². The van der Waals surface area contributed by atoms with Crippen LogP contribution in [0.2, 0.25) is 0 Å². The van der Waals surface area contributed by atoms with E-state index in [1.165, 1.54) is 0 Å². The maximum absolute atomic E-state index is 13.1. The van der Waals surface area contributed by atoms with Gasteiger partial charge in [-0.2, -0.15) is 11.8 Å². The Morgan fingerprint density at radius 2 is 1.50 bits per heavy atom. The number of unbranched alkanes of at least 4 members (excludes halogenated alkanes) is 2. The Hall–Kier alpha value is -1.61. The second-order valence-corrected chi connectivity index (χ2v) is 10.8. The van der Waals surface area contributed by atoms with E-state index in [2.05, 4.69) is 22.9 Å². The first-order valence-corrected chi connectivity index (χ1v) is 13.9. The van der Waals surface area contributed by atoms with E-state index in [4.69, 9.17) is 0 Å². The normalized spacial score (nSPS) is 14.9. The molecule has 0 saturated carbocycles. The molecule has 0 heterocycles. The SMILES string of the molecule is CCCCCC(=O)N[C@H](C(=O)N[C@@H](CCSC)C(=O)N[C@@H](CC(C)C)C(=O)[C@@H](C)CO)C(C)C. The van der Waals surface area contributed by atoms with Crippen molar-refractivity contribution >= 4 is 35.3 Å². The summed E-state index contributed by atoms with van der Waals surface area (Å²) in [5.74, 6) is -1.17. The van der Waals surface area contributed by atoms with Gasteiger partial charge in [-0.1, -0.05) is 54.4 Å². The van der Waals surface area contributed by atoms with Crippen LogP contribution in [0.1, 0.15) is 80.1 Å². The summed E-state index contributed by atoms with van der Waals surface area (Å²) >= 11 is 1.55. The zero-order valence-electron chi connectivity index (χ0n) is 22.1. The van der Waals surface area contributed by atoms with E-state index in [-0.39, 0.29) is 30.1 Å². The average molecular weight is 502 g/mol. The van der Waals surface area contributed by atoms with Crippen LogP contribution in [0.25, 0.3) is 0 Å². The third-order valence-electron chi connectivity index (χ3n) is 5.64. The van der Waals surface area contributed by atoms with E-state index < -0.39 is 35.9 Å². The van der Waals surface area contributed by atoms with Crippen molar-refractivity contribution in [2.24, 2.45) is 17.8 Å². The lowest BCUT2D eigenvalue weighted by atomic mass is 9.93. The Morgan fingerprint density at radius 3 is 2.00 bits per heavy atom. The van der Waals surface area contributed by atoms with Crippen LogP contribution in [0.5, 0.6) is 0 Å². The van der Waals surface area contributed by atoms with Gasteiger partial charge in [0, 0.05) is 12.3 Å². The Morgan fingerprint density at radius 1 is 0.882 bits per heavy atom. The fourth-order valence-electron chi connectivity index (χ4n) is 3.51. The van der Waals surface area contributed by atoms with Crippen LogP contribution in [-0.2, 0) is 19.2 Å². The number of rotatable bonds is 18. The quantitative estimate of drug-likeness (QED) is 0.214. The first-order valence-electron chi connectivity index (χ1n) is 12.5. The molecule has 0 aliphatic rings. The van der Waals surface area contributed by atoms with Crippen molar-refractivity contribution in [2.45, 2.75) is 98.2 Å². The molecule has 0 spiro atoms. The fourth-order valence-corrected chi connectivity index (χ4v) is 3.98. The minimum absolute atomic E-state index is 0.153. The number of aliphatic hydroxyl groups excluding tert-OH is 1. The number of carbonyl (C=O) groups excluding carboxylic acids is 4. The number of nitrogens with one attached hydrogen (secondary N) is 3. The lowest BCUT2D eigenvalue weighted by Gasteiger charge is -2.27. The highest BCUT2D eigenvalue weighted by atomic mass is 32.2. The van der Waals surface area contributed by atoms with Gasteiger partial charge in [0.25, 0.3) is 0 Å². The minimum Gasteiger partial charge on any atom is -0.396 e. The minimum atomic E-state index is -0.829. The lowest BCUT2D eigenvalue weighted by Crippen LogP contribution is -2.57. The van der Waals surface area contributed by atoms with Gasteiger partial charge in [-0.3, -0.25) is 19.2 Å². The molecule has 0 aliphatic carbocycles. The molecule has 0 aliphatic heterocycles. The van der Waals surface area contributed by atoms with Crippen LogP contribution >= 0.6 is 11.8 Å². The molecule has 198 valence electrons. The van der Waals surface area contributed by atoms with Gasteiger partial charge in [0.05, 0.1) is 12.6 Å². The van der Waals surface area contributed by atoms with Crippen molar-refractivity contribution in [3.63, 3.8) is 0 Å². The van der Waals surface area contributed by atoms with Crippen LogP contribution in [0.3, 0.4) is 0 Å². The van der Waals surface area contributed by atoms with Crippen LogP contribution in [0.15, 0.2) is 0 Å². The van der Waals surface area contributed by atoms with Gasteiger partial charge >= 0.3 is 0 Å². The first-order chi connectivity index (χ1) is 16.0. The molecule has 34 heavy (non-hydrogen) atoms. The summed E-state index contributed by atoms with van der Waals surface area (Å²) in [7, 11) is 0. The molecule has 4 atom stereocenters. The Kier molecular flexibility index (Phi) is 16.9. The van der Waals surface area contributed by atoms with Gasteiger partial charge < -0.3 is 21.1 Å². The zero-order chi connectivity index (χ0) is 26.3. The van der Waals surface area contributed by atoms with E-state index in [1.54, 1.807) is 18.7 Å². The van der Waals surface area contributed by atoms with Gasteiger partial charge in [-0.25, -0.2) is 0 Å². The average Bonchev–Trinajstić information content (AvgIpc) is 2.77. The van der Waals surface area contributed by atoms with E-state index >= 15 is 0 Å². The monoisotopic (exact) mass is 501 g/mol. The van der Waals surface area contributed by atoms with E-state index in [9.17, 15) is 24.3 Å². The predicted molar refractivity (Wildman–Crippen MR) is 138 cm³/mol. The molecule has 0 fully saturated rings. The molecule has 8 nitrogen and oxygen atoms in total. The van der Waals surface area contributed by atoms with Crippen molar-refractivity contribution in [3.8, 4) is 0 Å². The second kappa shape index (κ2) is 17.8. The molecule has 0 aromatic carbocycles. The van der Waals surface area contributed by atoms with E-state index in [0.717, 1.165) is 19.3 Å². The second-order valence-electron chi connectivity index (χ2n) is 9.77. The molecule has 0 rings (SSSR count). The molecule has 0 bridgehead atoms. The molecular formula is C25H47N3O5S. The van der Waals surface area contributed by atoms with Gasteiger partial charge in [0.1, 0.15) is 12.1 Å². The summed E-state index contributed by atoms with van der Waals surface area (Å²) in [6, 6.07) is -2.31. The van der Waals surface area contributed by atoms with E-state index in [0.29, 0.717) is 25.0 Å². The third-order valence-corrected chi connectivity index (χ3v) is 6.29. The number of hydrogen-bond donors (Lipinski definition) is 4. The van der Waals surface area contributed by atoms with Gasteiger partial charge in [0.15, 0.2) is 5.78 Å². The first kappa shape index (κ1) is 32.4. The maximum atomic E-state index is 13.1. The molecule has 4 N–H and O–H groups in total. The molecule has 9 heteroatoms. The summed E-state index contributed by atoms with van der Waals surface area (Å²) < 4.78 is 0. The zero-order valence-corrected chi connectivity index (χ0v) is 22.9. The maximum Gasteiger partial charge on any atom is 0.243 e. The smallest absolute Gasteiger partial charge is 0.243 e. The number of Topliss-reactive ketones (excluding diaryl/α,β-unsaturated/α-hetero) is 1. The number of aliphatic hydroxyl groups is 1. The number of ketones is 1. The van der Waals surface area contributed by atoms with Gasteiger partial charge in [-0.15, -0.1) is 0 Å². The number of hydrogen-bond acceptors (Lipinski definition) is 6. The van der Waals surface area contributed by atoms with Crippen molar-refractivity contribution in [1.29, 1.82) is 0 Å². The van der Waals surface area contributed by atoms with Crippen molar-refractivity contribution in [1.82, 2.24) is 16.0 Å². The Balaban J connectivity index is 5.44. The van der Waals surface area contributed by atoms with Crippen LogP contribution in [0.4, 0.5) is 0 Å². The molecule has 3 amide bonds. The van der Waals surface area contributed by atoms with Crippen LogP contribution < -0.4 is 16.0 Å². The number of carbonyl (C=O) groups is 4. The van der Waals surface area contributed by atoms with Crippen molar-refractivity contribution < 1.29 is 24.3 Å². The molecule has 0 radical (unpaired) electrons. The van der Waals surface area contributed by atoms with Crippen molar-refractivity contribution in [3.05, 3.63) is 0 Å². The molecule has 0 aromatic rings. The Labute approximate surface area is 210 Å². The van der Waals surface area contributed by atoms with Gasteiger partial charge in [-0.05, 0) is 43.1 Å². The molecular weight excluding hydrogens is 454 g/mol. The predicted octanol–water partition coefficient (Wildman–Crippen LogP) is 2.67. The summed E-state index contributed by atoms with van der Waals surface area (Å²) in [6.45, 7) is 11.0. The third kappa shape index (κ3) is 12.7. The summed E-state index contributed by atoms with van der Waals surface area (Å²) in [5, 5.41) is 17.8. The summed E-state index contributed by atoms with van der Waals surface area (Å²) in [6.07, 6.45) is 5.85. The highest BCUT2D eigenvalue weighted by Crippen LogP contribution is 2.12. The topological polar surface area (TPSA) is 125 Å².